The lowest BCUT2D eigenvalue weighted by Gasteiger charge is -2.32. The van der Waals surface area contributed by atoms with Crippen molar-refractivity contribution in [1.29, 1.82) is 0 Å². The van der Waals surface area contributed by atoms with Gasteiger partial charge in [0.25, 0.3) is 0 Å². The molecule has 1 fully saturated rings. The molecule has 1 heterocycles. The molecule has 0 spiro atoms. The standard InChI is InChI=1S/C14H22ClN3/c1-3-18(10-11-5-4-6-11)14-13(15)7-12(8-16-2)9-17-14/h7,9,11,16H,3-6,8,10H2,1-2H3. The Morgan fingerprint density at radius 2 is 2.28 bits per heavy atom. The van der Waals surface area contributed by atoms with Crippen molar-refractivity contribution >= 4 is 17.4 Å². The summed E-state index contributed by atoms with van der Waals surface area (Å²) in [7, 11) is 1.93. The van der Waals surface area contributed by atoms with Crippen molar-refractivity contribution < 1.29 is 0 Å². The Hall–Kier alpha value is -0.800. The number of aromatic nitrogens is 1. The molecule has 1 aliphatic carbocycles. The third-order valence-electron chi connectivity index (χ3n) is 3.64. The molecule has 18 heavy (non-hydrogen) atoms. The van der Waals surface area contributed by atoms with E-state index in [1.165, 1.54) is 19.3 Å². The monoisotopic (exact) mass is 267 g/mol. The summed E-state index contributed by atoms with van der Waals surface area (Å²) in [5, 5.41) is 3.88. The van der Waals surface area contributed by atoms with Crippen LogP contribution in [0.15, 0.2) is 12.3 Å². The number of halogens is 1. The normalized spacial score (nSPS) is 15.5. The lowest BCUT2D eigenvalue weighted by Crippen LogP contribution is -2.33. The molecule has 0 atom stereocenters. The van der Waals surface area contributed by atoms with Gasteiger partial charge in [-0.3, -0.25) is 0 Å². The van der Waals surface area contributed by atoms with Crippen LogP contribution in [0.4, 0.5) is 5.82 Å². The minimum Gasteiger partial charge on any atom is -0.355 e. The topological polar surface area (TPSA) is 28.2 Å². The SMILES string of the molecule is CCN(CC1CCC1)c1ncc(CNC)cc1Cl. The number of hydrogen-bond acceptors (Lipinski definition) is 3. The van der Waals surface area contributed by atoms with Gasteiger partial charge >= 0.3 is 0 Å². The number of nitrogens with one attached hydrogen (secondary N) is 1. The van der Waals surface area contributed by atoms with Crippen molar-refractivity contribution in [2.45, 2.75) is 32.7 Å². The van der Waals surface area contributed by atoms with E-state index in [-0.39, 0.29) is 0 Å². The fourth-order valence-electron chi connectivity index (χ4n) is 2.36. The molecule has 1 N–H and O–H groups in total. The summed E-state index contributed by atoms with van der Waals surface area (Å²) < 4.78 is 0. The largest absolute Gasteiger partial charge is 0.355 e. The second-order valence-corrected chi connectivity index (χ2v) is 5.42. The Balaban J connectivity index is 2.09. The molecule has 1 saturated carbocycles. The van der Waals surface area contributed by atoms with Gasteiger partial charge in [-0.2, -0.15) is 0 Å². The molecule has 1 aromatic heterocycles. The molecule has 0 aromatic carbocycles. The molecule has 0 bridgehead atoms. The maximum atomic E-state index is 6.35. The average Bonchev–Trinajstić information content (AvgIpc) is 2.30. The number of nitrogens with zero attached hydrogens (tertiary/aromatic N) is 2. The highest BCUT2D eigenvalue weighted by Gasteiger charge is 2.21. The smallest absolute Gasteiger partial charge is 0.147 e. The third kappa shape index (κ3) is 3.15. The zero-order chi connectivity index (χ0) is 13.0. The fourth-order valence-corrected chi connectivity index (χ4v) is 2.66. The Bertz CT molecular complexity index is 391. The van der Waals surface area contributed by atoms with Crippen LogP contribution in [-0.4, -0.2) is 25.1 Å². The minimum atomic E-state index is 0.768. The maximum Gasteiger partial charge on any atom is 0.147 e. The van der Waals surface area contributed by atoms with Crippen molar-refractivity contribution in [1.82, 2.24) is 10.3 Å². The first kappa shape index (κ1) is 13.6. The molecule has 2 rings (SSSR count). The van der Waals surface area contributed by atoms with E-state index in [9.17, 15) is 0 Å². The number of pyridine rings is 1. The van der Waals surface area contributed by atoms with E-state index in [4.69, 9.17) is 11.6 Å². The highest BCUT2D eigenvalue weighted by Crippen LogP contribution is 2.30. The number of hydrogen-bond donors (Lipinski definition) is 1. The summed E-state index contributed by atoms with van der Waals surface area (Å²) in [6.45, 7) is 5.03. The van der Waals surface area contributed by atoms with Gasteiger partial charge in [0.2, 0.25) is 0 Å². The Kier molecular flexibility index (Phi) is 4.84. The van der Waals surface area contributed by atoms with Crippen molar-refractivity contribution in [3.63, 3.8) is 0 Å². The Morgan fingerprint density at radius 1 is 1.50 bits per heavy atom. The second kappa shape index (κ2) is 6.39. The van der Waals surface area contributed by atoms with E-state index in [1.54, 1.807) is 0 Å². The minimum absolute atomic E-state index is 0.768. The lowest BCUT2D eigenvalue weighted by atomic mass is 9.85. The van der Waals surface area contributed by atoms with Gasteiger partial charge in [-0.25, -0.2) is 4.98 Å². The van der Waals surface area contributed by atoms with Gasteiger partial charge in [-0.15, -0.1) is 0 Å². The highest BCUT2D eigenvalue weighted by atomic mass is 35.5. The molecule has 0 unspecified atom stereocenters. The van der Waals surface area contributed by atoms with Crippen molar-refractivity contribution in [2.75, 3.05) is 25.0 Å². The van der Waals surface area contributed by atoms with Crippen molar-refractivity contribution in [3.05, 3.63) is 22.8 Å². The average molecular weight is 268 g/mol. The van der Waals surface area contributed by atoms with Gasteiger partial charge < -0.3 is 10.2 Å². The van der Waals surface area contributed by atoms with Gasteiger partial charge in [0.05, 0.1) is 5.02 Å². The molecule has 0 saturated heterocycles. The Labute approximate surface area is 115 Å². The van der Waals surface area contributed by atoms with E-state index < -0.39 is 0 Å². The van der Waals surface area contributed by atoms with Crippen LogP contribution in [-0.2, 0) is 6.54 Å². The molecule has 100 valence electrons. The van der Waals surface area contributed by atoms with Crippen LogP contribution in [0.25, 0.3) is 0 Å². The zero-order valence-corrected chi connectivity index (χ0v) is 12.0. The van der Waals surface area contributed by atoms with Crippen LogP contribution in [0.5, 0.6) is 0 Å². The lowest BCUT2D eigenvalue weighted by molar-refractivity contribution is 0.318. The summed E-state index contributed by atoms with van der Waals surface area (Å²) in [4.78, 5) is 6.83. The van der Waals surface area contributed by atoms with Crippen molar-refractivity contribution in [2.24, 2.45) is 5.92 Å². The molecule has 1 aromatic rings. The van der Waals surface area contributed by atoms with Crippen LogP contribution >= 0.6 is 11.6 Å². The van der Waals surface area contributed by atoms with Gasteiger partial charge in [0, 0.05) is 25.8 Å². The van der Waals surface area contributed by atoms with Crippen LogP contribution in [0, 0.1) is 5.92 Å². The molecule has 3 nitrogen and oxygen atoms in total. The number of anilines is 1. The van der Waals surface area contributed by atoms with Crippen LogP contribution in [0.1, 0.15) is 31.7 Å². The van der Waals surface area contributed by atoms with Gasteiger partial charge in [0.1, 0.15) is 5.82 Å². The Morgan fingerprint density at radius 3 is 2.78 bits per heavy atom. The second-order valence-electron chi connectivity index (χ2n) is 5.01. The maximum absolute atomic E-state index is 6.35. The molecule has 0 aliphatic heterocycles. The first-order valence-electron chi connectivity index (χ1n) is 6.78. The molecule has 4 heteroatoms. The van der Waals surface area contributed by atoms with E-state index >= 15 is 0 Å². The highest BCUT2D eigenvalue weighted by molar-refractivity contribution is 6.33. The van der Waals surface area contributed by atoms with Gasteiger partial charge in [-0.05, 0) is 44.4 Å². The van der Waals surface area contributed by atoms with Crippen LogP contribution < -0.4 is 10.2 Å². The molecule has 0 amide bonds. The molecule has 0 radical (unpaired) electrons. The molecular formula is C14H22ClN3. The quantitative estimate of drug-likeness (QED) is 0.859. The van der Waals surface area contributed by atoms with Gasteiger partial charge in [-0.1, -0.05) is 18.0 Å². The molecule has 1 aliphatic rings. The fraction of sp³-hybridized carbons (Fsp3) is 0.643. The van der Waals surface area contributed by atoms with Crippen molar-refractivity contribution in [3.8, 4) is 0 Å². The predicted molar refractivity (Wildman–Crippen MR) is 77.2 cm³/mol. The zero-order valence-electron chi connectivity index (χ0n) is 11.2. The van der Waals surface area contributed by atoms with E-state index in [0.29, 0.717) is 0 Å². The summed E-state index contributed by atoms with van der Waals surface area (Å²) in [6, 6.07) is 2.02. The summed E-state index contributed by atoms with van der Waals surface area (Å²) >= 11 is 6.35. The summed E-state index contributed by atoms with van der Waals surface area (Å²) in [5.41, 5.74) is 1.13. The summed E-state index contributed by atoms with van der Waals surface area (Å²) in [5.74, 6) is 1.77. The third-order valence-corrected chi connectivity index (χ3v) is 3.92. The summed E-state index contributed by atoms with van der Waals surface area (Å²) in [6.07, 6.45) is 6.00. The molecular weight excluding hydrogens is 246 g/mol. The van der Waals surface area contributed by atoms with Crippen LogP contribution in [0.2, 0.25) is 5.02 Å². The van der Waals surface area contributed by atoms with E-state index in [2.05, 4.69) is 22.1 Å². The first-order chi connectivity index (χ1) is 8.74. The predicted octanol–water partition coefficient (Wildman–Crippen LogP) is 3.08. The van der Waals surface area contributed by atoms with E-state index in [0.717, 1.165) is 42.0 Å². The van der Waals surface area contributed by atoms with Gasteiger partial charge in [0.15, 0.2) is 0 Å². The number of rotatable bonds is 6. The first-order valence-corrected chi connectivity index (χ1v) is 7.16. The van der Waals surface area contributed by atoms with Crippen LogP contribution in [0.3, 0.4) is 0 Å². The van der Waals surface area contributed by atoms with E-state index in [1.807, 2.05) is 19.3 Å².